The summed E-state index contributed by atoms with van der Waals surface area (Å²) in [5.41, 5.74) is 8.57. The van der Waals surface area contributed by atoms with Gasteiger partial charge in [0.15, 0.2) is 11.3 Å². The van der Waals surface area contributed by atoms with Crippen molar-refractivity contribution in [3.8, 4) is 16.9 Å². The number of halogens is 1. The summed E-state index contributed by atoms with van der Waals surface area (Å²) in [6, 6.07) is 13.7. The van der Waals surface area contributed by atoms with Gasteiger partial charge >= 0.3 is 0 Å². The van der Waals surface area contributed by atoms with Gasteiger partial charge in [-0.05, 0) is 17.7 Å². The molecule has 0 aliphatic heterocycles. The average Bonchev–Trinajstić information content (AvgIpc) is 3.21. The van der Waals surface area contributed by atoms with Gasteiger partial charge in [0.2, 0.25) is 15.7 Å². The Morgan fingerprint density at radius 2 is 1.90 bits per heavy atom. The number of anilines is 1. The van der Waals surface area contributed by atoms with E-state index in [4.69, 9.17) is 22.1 Å². The van der Waals surface area contributed by atoms with Crippen LogP contribution in [0.4, 0.5) is 5.82 Å². The van der Waals surface area contributed by atoms with Gasteiger partial charge in [-0.3, -0.25) is 0 Å². The van der Waals surface area contributed by atoms with Gasteiger partial charge in [-0.2, -0.15) is 10.3 Å². The number of pyridine rings is 1. The van der Waals surface area contributed by atoms with E-state index in [9.17, 15) is 8.42 Å². The minimum Gasteiger partial charge on any atom is -0.486 e. The Hall–Kier alpha value is -3.21. The summed E-state index contributed by atoms with van der Waals surface area (Å²) in [7, 11) is -0.618. The molecular formula is C20H19ClN6O3S. The number of nitrogens with zero attached hydrogens (tertiary/aromatic N) is 4. The van der Waals surface area contributed by atoms with Gasteiger partial charge < -0.3 is 10.5 Å². The van der Waals surface area contributed by atoms with Crippen molar-refractivity contribution in [2.45, 2.75) is 11.5 Å². The molecule has 31 heavy (non-hydrogen) atoms. The Balaban J connectivity index is 1.63. The molecule has 0 fully saturated rings. The number of nitrogens with one attached hydrogen (secondary N) is 1. The Bertz CT molecular complexity index is 1370. The first kappa shape index (κ1) is 21.0. The topological polar surface area (TPSA) is 127 Å². The number of aromatic nitrogens is 4. The largest absolute Gasteiger partial charge is 0.486 e. The van der Waals surface area contributed by atoms with Crippen LogP contribution >= 0.6 is 11.6 Å². The number of rotatable bonds is 6. The van der Waals surface area contributed by atoms with Crippen molar-refractivity contribution >= 4 is 38.6 Å². The second-order valence-electron chi connectivity index (χ2n) is 6.92. The van der Waals surface area contributed by atoms with E-state index in [2.05, 4.69) is 20.4 Å². The molecule has 4 aromatic rings. The minimum atomic E-state index is -3.61. The van der Waals surface area contributed by atoms with Crippen LogP contribution in [0.15, 0.2) is 53.4 Å². The molecule has 0 spiro atoms. The fourth-order valence-electron chi connectivity index (χ4n) is 3.05. The van der Waals surface area contributed by atoms with Crippen LogP contribution in [0.25, 0.3) is 22.3 Å². The molecule has 0 aliphatic carbocycles. The molecule has 4 rings (SSSR count). The van der Waals surface area contributed by atoms with Crippen LogP contribution in [0, 0.1) is 0 Å². The highest BCUT2D eigenvalue weighted by Crippen LogP contribution is 2.32. The number of benzene rings is 2. The first-order valence-corrected chi connectivity index (χ1v) is 11.0. The van der Waals surface area contributed by atoms with E-state index in [1.165, 1.54) is 18.4 Å². The second-order valence-corrected chi connectivity index (χ2v) is 9.45. The van der Waals surface area contributed by atoms with Crippen molar-refractivity contribution in [2.24, 2.45) is 0 Å². The van der Waals surface area contributed by atoms with Crippen molar-refractivity contribution in [1.29, 1.82) is 0 Å². The molecular weight excluding hydrogens is 440 g/mol. The van der Waals surface area contributed by atoms with Gasteiger partial charge in [-0.25, -0.2) is 17.7 Å². The maximum Gasteiger partial charge on any atom is 0.243 e. The lowest BCUT2D eigenvalue weighted by Crippen LogP contribution is -2.22. The van der Waals surface area contributed by atoms with E-state index in [1.807, 2.05) is 0 Å². The van der Waals surface area contributed by atoms with Gasteiger partial charge in [0.05, 0.1) is 4.90 Å². The van der Waals surface area contributed by atoms with Crippen LogP contribution in [0.1, 0.15) is 5.56 Å². The van der Waals surface area contributed by atoms with Crippen LogP contribution in [0.2, 0.25) is 5.02 Å². The standard InChI is InChI=1S/C20H19ClN6O3S/c1-27(2)31(28,29)17-6-4-3-5-14(17)12-7-8-13(15(21)9-12)11-30-16-10-18(22)23-20-19(16)24-26-25-20/h3-10H,11H2,1-2H3,(H3,22,23,24,25,26). The van der Waals surface area contributed by atoms with Crippen LogP contribution in [-0.2, 0) is 16.6 Å². The van der Waals surface area contributed by atoms with E-state index < -0.39 is 10.0 Å². The number of H-pyrrole nitrogens is 1. The second kappa shape index (κ2) is 8.14. The summed E-state index contributed by atoms with van der Waals surface area (Å²) in [6.07, 6.45) is 0. The number of nitrogen functional groups attached to an aromatic ring is 1. The smallest absolute Gasteiger partial charge is 0.243 e. The summed E-state index contributed by atoms with van der Waals surface area (Å²) in [5, 5.41) is 10.9. The van der Waals surface area contributed by atoms with E-state index in [0.29, 0.717) is 38.6 Å². The highest BCUT2D eigenvalue weighted by atomic mass is 35.5. The number of aromatic amines is 1. The molecule has 0 radical (unpaired) electrons. The van der Waals surface area contributed by atoms with E-state index in [0.717, 1.165) is 0 Å². The Morgan fingerprint density at radius 1 is 1.13 bits per heavy atom. The molecule has 3 N–H and O–H groups in total. The monoisotopic (exact) mass is 458 g/mol. The average molecular weight is 459 g/mol. The third-order valence-corrected chi connectivity index (χ3v) is 6.89. The van der Waals surface area contributed by atoms with E-state index in [-0.39, 0.29) is 17.3 Å². The molecule has 2 heterocycles. The van der Waals surface area contributed by atoms with Gasteiger partial charge in [0, 0.05) is 36.3 Å². The number of hydrogen-bond donors (Lipinski definition) is 2. The molecule has 0 amide bonds. The Morgan fingerprint density at radius 3 is 2.65 bits per heavy atom. The fourth-order valence-corrected chi connectivity index (χ4v) is 4.39. The summed E-state index contributed by atoms with van der Waals surface area (Å²) in [6.45, 7) is 0.155. The molecule has 0 unspecified atom stereocenters. The predicted octanol–water partition coefficient (Wildman–Crippen LogP) is 3.08. The lowest BCUT2D eigenvalue weighted by Gasteiger charge is -2.16. The summed E-state index contributed by atoms with van der Waals surface area (Å²) >= 11 is 6.49. The zero-order valence-corrected chi connectivity index (χ0v) is 18.3. The normalized spacial score (nSPS) is 11.9. The predicted molar refractivity (Wildman–Crippen MR) is 118 cm³/mol. The SMILES string of the molecule is CN(C)S(=O)(=O)c1ccccc1-c1ccc(COc2cc(N)nc3n[nH]nc23)c(Cl)c1. The third kappa shape index (κ3) is 4.05. The molecule has 11 heteroatoms. The number of ether oxygens (including phenoxy) is 1. The summed E-state index contributed by atoms with van der Waals surface area (Å²) < 4.78 is 32.4. The maximum atomic E-state index is 12.7. The quantitative estimate of drug-likeness (QED) is 0.454. The van der Waals surface area contributed by atoms with Gasteiger partial charge in [-0.15, -0.1) is 5.10 Å². The molecule has 0 bridgehead atoms. The van der Waals surface area contributed by atoms with Crippen molar-refractivity contribution < 1.29 is 13.2 Å². The first-order chi connectivity index (χ1) is 14.8. The highest BCUT2D eigenvalue weighted by molar-refractivity contribution is 7.89. The molecule has 9 nitrogen and oxygen atoms in total. The molecule has 0 saturated heterocycles. The lowest BCUT2D eigenvalue weighted by molar-refractivity contribution is 0.309. The number of nitrogens with two attached hydrogens (primary N) is 1. The minimum absolute atomic E-state index is 0.155. The lowest BCUT2D eigenvalue weighted by atomic mass is 10.0. The van der Waals surface area contributed by atoms with Gasteiger partial charge in [-0.1, -0.05) is 41.9 Å². The van der Waals surface area contributed by atoms with Gasteiger partial charge in [0.1, 0.15) is 12.4 Å². The molecule has 0 aliphatic rings. The van der Waals surface area contributed by atoms with Crippen LogP contribution in [0.3, 0.4) is 0 Å². The maximum absolute atomic E-state index is 12.7. The van der Waals surface area contributed by atoms with Crippen molar-refractivity contribution in [3.63, 3.8) is 0 Å². The molecule has 0 saturated carbocycles. The van der Waals surface area contributed by atoms with Crippen molar-refractivity contribution in [3.05, 3.63) is 59.1 Å². The van der Waals surface area contributed by atoms with E-state index >= 15 is 0 Å². The molecule has 2 aromatic heterocycles. The summed E-state index contributed by atoms with van der Waals surface area (Å²) in [5.74, 6) is 0.690. The van der Waals surface area contributed by atoms with Crippen LogP contribution < -0.4 is 10.5 Å². The molecule has 2 aromatic carbocycles. The highest BCUT2D eigenvalue weighted by Gasteiger charge is 2.22. The zero-order valence-electron chi connectivity index (χ0n) is 16.7. The van der Waals surface area contributed by atoms with E-state index in [1.54, 1.807) is 48.5 Å². The molecule has 160 valence electrons. The van der Waals surface area contributed by atoms with Gasteiger partial charge in [0.25, 0.3) is 0 Å². The fraction of sp³-hybridized carbons (Fsp3) is 0.150. The number of hydrogen-bond acceptors (Lipinski definition) is 7. The first-order valence-electron chi connectivity index (χ1n) is 9.17. The van der Waals surface area contributed by atoms with Crippen molar-refractivity contribution in [1.82, 2.24) is 24.7 Å². The summed E-state index contributed by atoms with van der Waals surface area (Å²) in [4.78, 5) is 4.28. The Labute approximate surface area is 183 Å². The Kier molecular flexibility index (Phi) is 5.52. The number of sulfonamides is 1. The zero-order chi connectivity index (χ0) is 22.2. The van der Waals surface area contributed by atoms with Crippen LogP contribution in [-0.4, -0.2) is 47.2 Å². The van der Waals surface area contributed by atoms with Crippen LogP contribution in [0.5, 0.6) is 5.75 Å². The third-order valence-electron chi connectivity index (χ3n) is 4.67. The van der Waals surface area contributed by atoms with Crippen molar-refractivity contribution in [2.75, 3.05) is 19.8 Å². The molecule has 0 atom stereocenters. The number of fused-ring (bicyclic) bond motifs is 1.